The molecule has 5 atom stereocenters. The highest BCUT2D eigenvalue weighted by Crippen LogP contribution is 2.59. The molecule has 0 amide bonds. The molecule has 2 aliphatic carbocycles. The Morgan fingerprint density at radius 1 is 1.06 bits per heavy atom. The van der Waals surface area contributed by atoms with Crippen LogP contribution >= 0.6 is 0 Å². The maximum atomic E-state index is 12.4. The number of allylic oxidation sites excluding steroid dienone is 4. The molecule has 2 aliphatic heterocycles. The lowest BCUT2D eigenvalue weighted by molar-refractivity contribution is -0.384. The highest BCUT2D eigenvalue weighted by Gasteiger charge is 2.48. The summed E-state index contributed by atoms with van der Waals surface area (Å²) in [6, 6.07) is 11.5. The fourth-order valence-corrected chi connectivity index (χ4v) is 6.38. The number of nitro benzene ring substituents is 1. The number of benzene rings is 2. The highest BCUT2D eigenvalue weighted by molar-refractivity contribution is 5.96. The number of fused-ring (bicyclic) bond motifs is 4. The summed E-state index contributed by atoms with van der Waals surface area (Å²) in [6.07, 6.45) is 11.1. The van der Waals surface area contributed by atoms with Gasteiger partial charge in [-0.1, -0.05) is 36.4 Å². The van der Waals surface area contributed by atoms with Gasteiger partial charge in [-0.3, -0.25) is 14.9 Å². The molecule has 31 heavy (non-hydrogen) atoms. The van der Waals surface area contributed by atoms with Crippen LogP contribution in [0.25, 0.3) is 0 Å². The highest BCUT2D eigenvalue weighted by atomic mass is 16.6. The van der Waals surface area contributed by atoms with Crippen molar-refractivity contribution in [3.8, 4) is 0 Å². The van der Waals surface area contributed by atoms with Crippen LogP contribution < -0.4 is 4.90 Å². The first-order valence-corrected chi connectivity index (χ1v) is 11.1. The Labute approximate surface area is 181 Å². The summed E-state index contributed by atoms with van der Waals surface area (Å²) in [5.41, 5.74) is 5.72. The number of carbonyl (C=O) groups excluding carboxylic acids is 1. The molecule has 4 aliphatic rings. The lowest BCUT2D eigenvalue weighted by Crippen LogP contribution is -2.46. The van der Waals surface area contributed by atoms with Crippen LogP contribution in [-0.2, 0) is 0 Å². The van der Waals surface area contributed by atoms with Gasteiger partial charge in [-0.05, 0) is 60.4 Å². The van der Waals surface area contributed by atoms with Crippen LogP contribution in [0.3, 0.4) is 0 Å². The molecule has 2 aromatic carbocycles. The number of nitro groups is 1. The Kier molecular flexibility index (Phi) is 3.98. The number of nitrogens with zero attached hydrogens (tertiary/aromatic N) is 2. The van der Waals surface area contributed by atoms with Crippen LogP contribution in [0.15, 0.2) is 60.7 Å². The standard InChI is InChI=1S/C26H24N2O3/c1-15(29)18-12-23-20-8-3-6-17(20)14-27-25(16-5-2-7-19(11-16)28(30)31)22-10-4-9-21(22)24(13-18)26(23)27/h2-5,7-9,11-13,17,20-22,25H,6,10,14H2,1H3/t17-,20-,21-,22+,25+/m1/s1. The van der Waals surface area contributed by atoms with Gasteiger partial charge in [0.25, 0.3) is 5.69 Å². The van der Waals surface area contributed by atoms with Gasteiger partial charge in [0.2, 0.25) is 0 Å². The molecule has 0 spiro atoms. The third-order valence-corrected chi connectivity index (χ3v) is 7.68. The smallest absolute Gasteiger partial charge is 0.269 e. The van der Waals surface area contributed by atoms with E-state index in [1.54, 1.807) is 19.1 Å². The minimum Gasteiger partial charge on any atom is -0.363 e. The number of carbonyl (C=O) groups is 1. The monoisotopic (exact) mass is 412 g/mol. The molecular formula is C26H24N2O3. The summed E-state index contributed by atoms with van der Waals surface area (Å²) in [6.45, 7) is 2.58. The molecule has 156 valence electrons. The van der Waals surface area contributed by atoms with E-state index in [-0.39, 0.29) is 28.4 Å². The molecule has 6 rings (SSSR count). The maximum absolute atomic E-state index is 12.4. The number of hydrogen-bond acceptors (Lipinski definition) is 4. The van der Waals surface area contributed by atoms with Crippen LogP contribution in [-0.4, -0.2) is 17.3 Å². The van der Waals surface area contributed by atoms with Gasteiger partial charge < -0.3 is 4.90 Å². The van der Waals surface area contributed by atoms with E-state index < -0.39 is 0 Å². The van der Waals surface area contributed by atoms with Gasteiger partial charge in [0.05, 0.1) is 11.0 Å². The van der Waals surface area contributed by atoms with Crippen molar-refractivity contribution in [2.24, 2.45) is 11.8 Å². The number of non-ortho nitro benzene ring substituents is 1. The van der Waals surface area contributed by atoms with E-state index in [2.05, 4.69) is 41.3 Å². The second kappa shape index (κ2) is 6.64. The quantitative estimate of drug-likeness (QED) is 0.281. The third-order valence-electron chi connectivity index (χ3n) is 7.68. The summed E-state index contributed by atoms with van der Waals surface area (Å²) in [4.78, 5) is 26.0. The van der Waals surface area contributed by atoms with Gasteiger partial charge in [-0.15, -0.1) is 0 Å². The molecule has 2 heterocycles. The predicted molar refractivity (Wildman–Crippen MR) is 120 cm³/mol. The molecule has 2 aromatic rings. The van der Waals surface area contributed by atoms with E-state index in [1.807, 2.05) is 12.1 Å². The Balaban J connectivity index is 1.58. The van der Waals surface area contributed by atoms with E-state index in [1.165, 1.54) is 16.8 Å². The molecule has 0 saturated carbocycles. The summed E-state index contributed by atoms with van der Waals surface area (Å²) >= 11 is 0. The van der Waals surface area contributed by atoms with Crippen molar-refractivity contribution < 1.29 is 9.72 Å². The first-order valence-electron chi connectivity index (χ1n) is 11.1. The fourth-order valence-electron chi connectivity index (χ4n) is 6.38. The first-order chi connectivity index (χ1) is 15.0. The van der Waals surface area contributed by atoms with Crippen molar-refractivity contribution in [3.63, 3.8) is 0 Å². The summed E-state index contributed by atoms with van der Waals surface area (Å²) in [7, 11) is 0. The van der Waals surface area contributed by atoms with Gasteiger partial charge in [0, 0.05) is 41.8 Å². The van der Waals surface area contributed by atoms with Crippen molar-refractivity contribution in [1.82, 2.24) is 0 Å². The second-order valence-corrected chi connectivity index (χ2v) is 9.31. The Morgan fingerprint density at radius 3 is 2.58 bits per heavy atom. The van der Waals surface area contributed by atoms with E-state index in [9.17, 15) is 14.9 Å². The number of Topliss-reactive ketones (excluding diaryl/α,β-unsaturated/α-hetero) is 1. The lowest BCUT2D eigenvalue weighted by Gasteiger charge is -2.51. The van der Waals surface area contributed by atoms with Crippen LogP contribution in [0.1, 0.15) is 64.7 Å². The zero-order chi connectivity index (χ0) is 21.3. The lowest BCUT2D eigenvalue weighted by atomic mass is 9.70. The SMILES string of the molecule is CC(=O)c1cc2c3c(c1)[C@@H]1C=CC[C@@H]1[C@H](c1cccc([N+](=O)[O-])c1)N3C[C@H]1CC=C[C@@H]21. The van der Waals surface area contributed by atoms with Crippen LogP contribution in [0.4, 0.5) is 11.4 Å². The minimum atomic E-state index is -0.303. The number of hydrogen-bond donors (Lipinski definition) is 0. The Hall–Kier alpha value is -3.21. The van der Waals surface area contributed by atoms with E-state index >= 15 is 0 Å². The number of anilines is 1. The average molecular weight is 412 g/mol. The van der Waals surface area contributed by atoms with Crippen molar-refractivity contribution >= 4 is 17.2 Å². The fraction of sp³-hybridized carbons (Fsp3) is 0.346. The van der Waals surface area contributed by atoms with Crippen LogP contribution in [0.2, 0.25) is 0 Å². The molecule has 0 N–H and O–H groups in total. The van der Waals surface area contributed by atoms with Crippen molar-refractivity contribution in [2.45, 2.75) is 37.6 Å². The summed E-state index contributed by atoms with van der Waals surface area (Å²) in [5.74, 6) is 1.48. The Bertz CT molecular complexity index is 1160. The van der Waals surface area contributed by atoms with E-state index in [4.69, 9.17) is 0 Å². The molecule has 5 nitrogen and oxygen atoms in total. The average Bonchev–Trinajstić information content (AvgIpc) is 3.43. The molecule has 0 fully saturated rings. The molecule has 0 bridgehead atoms. The normalized spacial score (nSPS) is 29.5. The topological polar surface area (TPSA) is 63.4 Å². The zero-order valence-corrected chi connectivity index (χ0v) is 17.4. The van der Waals surface area contributed by atoms with Gasteiger partial charge in [0.15, 0.2) is 5.78 Å². The molecule has 0 aromatic heterocycles. The molecule has 5 heteroatoms. The maximum Gasteiger partial charge on any atom is 0.269 e. The van der Waals surface area contributed by atoms with Gasteiger partial charge >= 0.3 is 0 Å². The molecule has 0 radical (unpaired) electrons. The van der Waals surface area contributed by atoms with Gasteiger partial charge in [0.1, 0.15) is 0 Å². The van der Waals surface area contributed by atoms with Crippen molar-refractivity contribution in [1.29, 1.82) is 0 Å². The number of rotatable bonds is 3. The zero-order valence-electron chi connectivity index (χ0n) is 17.4. The Morgan fingerprint density at radius 2 is 1.81 bits per heavy atom. The van der Waals surface area contributed by atoms with Crippen molar-refractivity contribution in [3.05, 3.63) is 93.1 Å². The molecule has 0 saturated heterocycles. The van der Waals surface area contributed by atoms with Crippen LogP contribution in [0, 0.1) is 22.0 Å². The van der Waals surface area contributed by atoms with E-state index in [0.29, 0.717) is 17.8 Å². The van der Waals surface area contributed by atoms with Gasteiger partial charge in [-0.25, -0.2) is 0 Å². The molecule has 0 unspecified atom stereocenters. The van der Waals surface area contributed by atoms with Crippen molar-refractivity contribution in [2.75, 3.05) is 11.4 Å². The minimum absolute atomic E-state index is 0.0934. The van der Waals surface area contributed by atoms with Gasteiger partial charge in [-0.2, -0.15) is 0 Å². The number of ketones is 1. The van der Waals surface area contributed by atoms with Crippen LogP contribution in [0.5, 0.6) is 0 Å². The molecular weight excluding hydrogens is 388 g/mol. The largest absolute Gasteiger partial charge is 0.363 e. The summed E-state index contributed by atoms with van der Waals surface area (Å²) in [5, 5.41) is 11.5. The van der Waals surface area contributed by atoms with E-state index in [0.717, 1.165) is 30.5 Å². The summed E-state index contributed by atoms with van der Waals surface area (Å²) < 4.78 is 0. The predicted octanol–water partition coefficient (Wildman–Crippen LogP) is 5.69. The third kappa shape index (κ3) is 2.65. The second-order valence-electron chi connectivity index (χ2n) is 9.31. The first kappa shape index (κ1) is 18.6.